The van der Waals surface area contributed by atoms with E-state index in [0.29, 0.717) is 18.4 Å². The highest BCUT2D eigenvalue weighted by molar-refractivity contribution is 5.65. The van der Waals surface area contributed by atoms with Crippen molar-refractivity contribution in [2.24, 2.45) is 28.6 Å². The van der Waals surface area contributed by atoms with Crippen molar-refractivity contribution in [3.63, 3.8) is 0 Å². The molecule has 0 unspecified atom stereocenters. The molecule has 3 nitrogen and oxygen atoms in total. The number of hydrogen-bond donors (Lipinski definition) is 1. The molecule has 114 valence electrons. The van der Waals surface area contributed by atoms with Gasteiger partial charge >= 0.3 is 5.97 Å². The molecule has 3 saturated carbocycles. The Balaban J connectivity index is 1.94. The van der Waals surface area contributed by atoms with Crippen LogP contribution in [0.2, 0.25) is 0 Å². The van der Waals surface area contributed by atoms with Crippen molar-refractivity contribution in [1.29, 1.82) is 0 Å². The Morgan fingerprint density at radius 2 is 2.00 bits per heavy atom. The second-order valence-electron chi connectivity index (χ2n) is 8.25. The molecular formula is C17H28O3. The molecule has 0 aromatic heterocycles. The number of esters is 1. The predicted octanol–water partition coefficient (Wildman–Crippen LogP) is 3.15. The van der Waals surface area contributed by atoms with Gasteiger partial charge in [0.05, 0.1) is 12.2 Å². The molecule has 0 bridgehead atoms. The summed E-state index contributed by atoms with van der Waals surface area (Å²) in [5, 5.41) is 11.6. The number of carbonyl (C=O) groups excluding carboxylic acids is 1. The molecule has 3 aliphatic rings. The molecule has 3 aliphatic carbocycles. The fraction of sp³-hybridized carbons (Fsp3) is 0.941. The summed E-state index contributed by atoms with van der Waals surface area (Å²) in [6, 6.07) is 0. The van der Waals surface area contributed by atoms with Gasteiger partial charge in [-0.15, -0.1) is 0 Å². The molecule has 0 radical (unpaired) electrons. The van der Waals surface area contributed by atoms with E-state index in [9.17, 15) is 9.90 Å². The summed E-state index contributed by atoms with van der Waals surface area (Å²) < 4.78 is 5.35. The van der Waals surface area contributed by atoms with Crippen molar-refractivity contribution in [3.8, 4) is 0 Å². The van der Waals surface area contributed by atoms with Crippen molar-refractivity contribution >= 4 is 5.97 Å². The first-order chi connectivity index (χ1) is 9.23. The maximum absolute atomic E-state index is 11.6. The number of rotatable bonds is 2. The molecule has 3 rings (SSSR count). The average molecular weight is 280 g/mol. The lowest BCUT2D eigenvalue weighted by Crippen LogP contribution is -2.54. The minimum atomic E-state index is -0.542. The van der Waals surface area contributed by atoms with Crippen molar-refractivity contribution in [3.05, 3.63) is 0 Å². The van der Waals surface area contributed by atoms with Crippen molar-refractivity contribution < 1.29 is 14.6 Å². The zero-order chi connectivity index (χ0) is 14.8. The third-order valence-electron chi connectivity index (χ3n) is 6.91. The van der Waals surface area contributed by atoms with Gasteiger partial charge in [-0.3, -0.25) is 4.79 Å². The first-order valence-electron chi connectivity index (χ1n) is 8.09. The summed E-state index contributed by atoms with van der Waals surface area (Å²) in [6.07, 6.45) is 5.53. The highest BCUT2D eigenvalue weighted by atomic mass is 16.5. The van der Waals surface area contributed by atoms with Gasteiger partial charge in [-0.1, -0.05) is 20.8 Å². The summed E-state index contributed by atoms with van der Waals surface area (Å²) in [4.78, 5) is 11.2. The van der Waals surface area contributed by atoms with E-state index in [0.717, 1.165) is 25.7 Å². The van der Waals surface area contributed by atoms with E-state index in [1.165, 1.54) is 13.3 Å². The second-order valence-corrected chi connectivity index (χ2v) is 8.25. The lowest BCUT2D eigenvalue weighted by Gasteiger charge is -2.49. The van der Waals surface area contributed by atoms with E-state index in [2.05, 4.69) is 20.8 Å². The fourth-order valence-electron chi connectivity index (χ4n) is 6.13. The molecule has 0 aromatic carbocycles. The molecule has 0 saturated heterocycles. The topological polar surface area (TPSA) is 46.5 Å². The SMILES string of the molecule is CC(=O)OC[C@@]1(C)C[C@]2(C)CC[C@H]3[C@H](C)CC[C@@H]1[C@]32O. The Morgan fingerprint density at radius 3 is 2.65 bits per heavy atom. The standard InChI is InChI=1S/C17H28O3/c1-11-5-6-14-15(3,10-20-12(2)18)9-16(4)8-7-13(11)17(14,16)19/h11,13-14,19H,5-10H2,1-4H3/t11-,13+,14+,15-,16+,17-/m1/s1. The second kappa shape index (κ2) is 4.22. The van der Waals surface area contributed by atoms with Gasteiger partial charge in [-0.2, -0.15) is 0 Å². The lowest BCUT2D eigenvalue weighted by molar-refractivity contribution is -0.155. The molecule has 3 fully saturated rings. The molecule has 0 heterocycles. The monoisotopic (exact) mass is 280 g/mol. The van der Waals surface area contributed by atoms with Gasteiger partial charge in [0.1, 0.15) is 0 Å². The summed E-state index contributed by atoms with van der Waals surface area (Å²) in [5.41, 5.74) is -0.598. The minimum absolute atomic E-state index is 0.00587. The van der Waals surface area contributed by atoms with E-state index >= 15 is 0 Å². The van der Waals surface area contributed by atoms with E-state index in [-0.39, 0.29) is 22.7 Å². The predicted molar refractivity (Wildman–Crippen MR) is 77.0 cm³/mol. The van der Waals surface area contributed by atoms with Gasteiger partial charge in [-0.25, -0.2) is 0 Å². The highest BCUT2D eigenvalue weighted by Gasteiger charge is 2.72. The maximum atomic E-state index is 11.6. The van der Waals surface area contributed by atoms with Crippen LogP contribution in [0.25, 0.3) is 0 Å². The van der Waals surface area contributed by atoms with Gasteiger partial charge in [0, 0.05) is 12.3 Å². The van der Waals surface area contributed by atoms with Crippen LogP contribution in [0.4, 0.5) is 0 Å². The highest BCUT2D eigenvalue weighted by Crippen LogP contribution is 2.72. The summed E-state index contributed by atoms with van der Waals surface area (Å²) in [5.74, 6) is 1.13. The number of aliphatic hydroxyl groups is 1. The molecule has 0 aromatic rings. The lowest BCUT2D eigenvalue weighted by atomic mass is 9.60. The van der Waals surface area contributed by atoms with E-state index < -0.39 is 5.60 Å². The van der Waals surface area contributed by atoms with Crippen LogP contribution >= 0.6 is 0 Å². The Labute approximate surface area is 122 Å². The molecular weight excluding hydrogens is 252 g/mol. The molecule has 20 heavy (non-hydrogen) atoms. The van der Waals surface area contributed by atoms with Gasteiger partial charge in [0.2, 0.25) is 0 Å². The third kappa shape index (κ3) is 1.65. The molecule has 3 heteroatoms. The largest absolute Gasteiger partial charge is 0.465 e. The van der Waals surface area contributed by atoms with Crippen LogP contribution in [0.15, 0.2) is 0 Å². The van der Waals surface area contributed by atoms with Crippen LogP contribution in [-0.4, -0.2) is 23.3 Å². The van der Waals surface area contributed by atoms with Gasteiger partial charge in [0.15, 0.2) is 0 Å². The molecule has 6 atom stereocenters. The van der Waals surface area contributed by atoms with Crippen LogP contribution in [0.3, 0.4) is 0 Å². The Kier molecular flexibility index (Phi) is 3.03. The Morgan fingerprint density at radius 1 is 1.30 bits per heavy atom. The van der Waals surface area contributed by atoms with Crippen molar-refractivity contribution in [1.82, 2.24) is 0 Å². The molecule has 1 N–H and O–H groups in total. The number of ether oxygens (including phenoxy) is 1. The van der Waals surface area contributed by atoms with Gasteiger partial charge in [0.25, 0.3) is 0 Å². The van der Waals surface area contributed by atoms with Gasteiger partial charge < -0.3 is 9.84 Å². The number of carbonyl (C=O) groups is 1. The van der Waals surface area contributed by atoms with E-state index in [1.54, 1.807) is 0 Å². The van der Waals surface area contributed by atoms with E-state index in [4.69, 9.17) is 4.74 Å². The zero-order valence-electron chi connectivity index (χ0n) is 13.2. The normalized spacial score (nSPS) is 53.8. The van der Waals surface area contributed by atoms with Crippen molar-refractivity contribution in [2.75, 3.05) is 6.61 Å². The smallest absolute Gasteiger partial charge is 0.302 e. The van der Waals surface area contributed by atoms with Crippen LogP contribution < -0.4 is 0 Å². The Hall–Kier alpha value is -0.570. The molecule has 0 spiro atoms. The first-order valence-corrected chi connectivity index (χ1v) is 8.09. The summed E-state index contributed by atoms with van der Waals surface area (Å²) in [6.45, 7) is 8.71. The number of hydrogen-bond acceptors (Lipinski definition) is 3. The third-order valence-corrected chi connectivity index (χ3v) is 6.91. The van der Waals surface area contributed by atoms with Crippen LogP contribution in [0.1, 0.15) is 59.8 Å². The fourth-order valence-corrected chi connectivity index (χ4v) is 6.13. The summed E-state index contributed by atoms with van der Waals surface area (Å²) >= 11 is 0. The van der Waals surface area contributed by atoms with E-state index in [1.807, 2.05) is 0 Å². The zero-order valence-corrected chi connectivity index (χ0v) is 13.2. The quantitative estimate of drug-likeness (QED) is 0.790. The first kappa shape index (κ1) is 14.4. The van der Waals surface area contributed by atoms with Crippen molar-refractivity contribution in [2.45, 2.75) is 65.4 Å². The van der Waals surface area contributed by atoms with Crippen LogP contribution in [0, 0.1) is 28.6 Å². The molecule has 0 amide bonds. The van der Waals surface area contributed by atoms with Crippen LogP contribution in [0.5, 0.6) is 0 Å². The Bertz CT molecular complexity index is 434. The van der Waals surface area contributed by atoms with Crippen LogP contribution in [-0.2, 0) is 9.53 Å². The summed E-state index contributed by atoms with van der Waals surface area (Å²) in [7, 11) is 0. The molecule has 0 aliphatic heterocycles. The van der Waals surface area contributed by atoms with Gasteiger partial charge in [-0.05, 0) is 55.3 Å². The minimum Gasteiger partial charge on any atom is -0.465 e. The maximum Gasteiger partial charge on any atom is 0.302 e. The average Bonchev–Trinajstić information content (AvgIpc) is 2.69.